The first-order valence-corrected chi connectivity index (χ1v) is 7.13. The number of piperazine rings is 1. The van der Waals surface area contributed by atoms with Gasteiger partial charge in [-0.25, -0.2) is 4.39 Å². The van der Waals surface area contributed by atoms with Gasteiger partial charge in [0.15, 0.2) is 0 Å². The first-order valence-electron chi connectivity index (χ1n) is 6.34. The van der Waals surface area contributed by atoms with Crippen LogP contribution in [0.25, 0.3) is 0 Å². The molecule has 120 valence electrons. The molecule has 2 nitrogen and oxygen atoms in total. The maximum absolute atomic E-state index is 14.0. The Hall–Kier alpha value is -0.370. The van der Waals surface area contributed by atoms with Gasteiger partial charge in [-0.2, -0.15) is 13.2 Å². The lowest BCUT2D eigenvalue weighted by molar-refractivity contribution is -0.149. The van der Waals surface area contributed by atoms with Crippen molar-refractivity contribution in [2.75, 3.05) is 26.2 Å². The Morgan fingerprint density at radius 2 is 1.86 bits per heavy atom. The monoisotopic (exact) mass is 390 g/mol. The molecule has 0 bridgehead atoms. The summed E-state index contributed by atoms with van der Waals surface area (Å²) in [4.78, 5) is 1.69. The molecule has 1 aromatic carbocycles. The minimum Gasteiger partial charge on any atom is -0.314 e. The second-order valence-corrected chi connectivity index (χ2v) is 5.61. The predicted octanol–water partition coefficient (Wildman–Crippen LogP) is 3.91. The van der Waals surface area contributed by atoms with E-state index in [2.05, 4.69) is 21.2 Å². The van der Waals surface area contributed by atoms with Gasteiger partial charge >= 0.3 is 6.18 Å². The van der Waals surface area contributed by atoms with Gasteiger partial charge in [-0.1, -0.05) is 22.0 Å². The van der Waals surface area contributed by atoms with E-state index in [1.165, 1.54) is 12.1 Å². The number of nitrogens with zero attached hydrogens (tertiary/aromatic N) is 1. The summed E-state index contributed by atoms with van der Waals surface area (Å²) >= 11 is 3.17. The van der Waals surface area contributed by atoms with Gasteiger partial charge in [-0.05, 0) is 12.1 Å². The third-order valence-corrected chi connectivity index (χ3v) is 4.04. The van der Waals surface area contributed by atoms with E-state index in [1.807, 2.05) is 0 Å². The van der Waals surface area contributed by atoms with Crippen LogP contribution in [0.1, 0.15) is 18.0 Å². The molecule has 0 aliphatic carbocycles. The van der Waals surface area contributed by atoms with Crippen LogP contribution in [0.5, 0.6) is 0 Å². The number of alkyl halides is 3. The Kier molecular flexibility index (Phi) is 6.90. The van der Waals surface area contributed by atoms with E-state index in [9.17, 15) is 17.6 Å². The highest BCUT2D eigenvalue weighted by Gasteiger charge is 2.37. The molecular formula is C13H16BrClF4N2. The molecule has 1 aliphatic rings. The van der Waals surface area contributed by atoms with Crippen LogP contribution in [0.4, 0.5) is 17.6 Å². The Labute approximate surface area is 135 Å². The normalized spacial score (nSPS) is 18.1. The van der Waals surface area contributed by atoms with Crippen molar-refractivity contribution >= 4 is 28.3 Å². The van der Waals surface area contributed by atoms with Gasteiger partial charge in [0.2, 0.25) is 0 Å². The molecule has 2 rings (SSSR count). The van der Waals surface area contributed by atoms with Gasteiger partial charge < -0.3 is 5.32 Å². The molecule has 1 aromatic rings. The molecule has 0 amide bonds. The summed E-state index contributed by atoms with van der Waals surface area (Å²) in [6.45, 7) is 2.17. The van der Waals surface area contributed by atoms with E-state index in [0.717, 1.165) is 0 Å². The number of hydrogen-bond acceptors (Lipinski definition) is 2. The summed E-state index contributed by atoms with van der Waals surface area (Å²) < 4.78 is 52.9. The average molecular weight is 392 g/mol. The first-order chi connectivity index (χ1) is 9.38. The number of benzene rings is 1. The summed E-state index contributed by atoms with van der Waals surface area (Å²) in [6.07, 6.45) is -5.39. The molecule has 0 unspecified atom stereocenters. The molecule has 0 aromatic heterocycles. The van der Waals surface area contributed by atoms with Crippen molar-refractivity contribution in [2.45, 2.75) is 18.6 Å². The van der Waals surface area contributed by atoms with Crippen LogP contribution in [0, 0.1) is 5.82 Å². The van der Waals surface area contributed by atoms with Gasteiger partial charge in [0.05, 0.1) is 6.42 Å². The first kappa shape index (κ1) is 18.7. The highest BCUT2D eigenvalue weighted by molar-refractivity contribution is 9.10. The third kappa shape index (κ3) is 5.09. The van der Waals surface area contributed by atoms with Gasteiger partial charge in [-0.15, -0.1) is 12.4 Å². The van der Waals surface area contributed by atoms with Gasteiger partial charge in [0.25, 0.3) is 0 Å². The molecule has 1 fully saturated rings. The smallest absolute Gasteiger partial charge is 0.314 e. The number of rotatable bonds is 3. The fourth-order valence-corrected chi connectivity index (χ4v) is 3.06. The summed E-state index contributed by atoms with van der Waals surface area (Å²) in [6, 6.07) is 3.26. The number of nitrogens with one attached hydrogen (secondary N) is 1. The minimum absolute atomic E-state index is 0. The Bertz CT molecular complexity index is 444. The lowest BCUT2D eigenvalue weighted by atomic mass is 10.00. The van der Waals surface area contributed by atoms with E-state index < -0.39 is 24.5 Å². The van der Waals surface area contributed by atoms with E-state index in [-0.39, 0.29) is 18.0 Å². The highest BCUT2D eigenvalue weighted by Crippen LogP contribution is 2.38. The predicted molar refractivity (Wildman–Crippen MR) is 79.2 cm³/mol. The fourth-order valence-electron chi connectivity index (χ4n) is 2.46. The summed E-state index contributed by atoms with van der Waals surface area (Å²) in [5, 5.41) is 3.08. The van der Waals surface area contributed by atoms with Gasteiger partial charge in [-0.3, -0.25) is 4.90 Å². The van der Waals surface area contributed by atoms with E-state index in [4.69, 9.17) is 0 Å². The van der Waals surface area contributed by atoms with Crippen LogP contribution in [0.3, 0.4) is 0 Å². The second kappa shape index (κ2) is 7.76. The molecule has 0 spiro atoms. The second-order valence-electron chi connectivity index (χ2n) is 4.76. The van der Waals surface area contributed by atoms with Crippen molar-refractivity contribution in [3.05, 3.63) is 34.1 Å². The SMILES string of the molecule is Cl.Fc1cccc(Br)c1[C@H](CC(F)(F)F)N1CCNCC1. The Morgan fingerprint density at radius 3 is 2.38 bits per heavy atom. The zero-order valence-electron chi connectivity index (χ0n) is 11.1. The zero-order chi connectivity index (χ0) is 14.8. The van der Waals surface area contributed by atoms with Crippen molar-refractivity contribution in [3.63, 3.8) is 0 Å². The zero-order valence-corrected chi connectivity index (χ0v) is 13.5. The highest BCUT2D eigenvalue weighted by atomic mass is 79.9. The minimum atomic E-state index is -4.34. The molecule has 21 heavy (non-hydrogen) atoms. The fraction of sp³-hybridized carbons (Fsp3) is 0.538. The summed E-state index contributed by atoms with van der Waals surface area (Å²) in [5.41, 5.74) is 0.0896. The molecule has 0 saturated carbocycles. The van der Waals surface area contributed by atoms with E-state index in [0.29, 0.717) is 30.7 Å². The summed E-state index contributed by atoms with van der Waals surface area (Å²) in [5.74, 6) is -0.604. The Morgan fingerprint density at radius 1 is 1.24 bits per heavy atom. The third-order valence-electron chi connectivity index (χ3n) is 3.35. The average Bonchev–Trinajstić information content (AvgIpc) is 2.37. The van der Waals surface area contributed by atoms with Crippen LogP contribution in [-0.2, 0) is 0 Å². The molecule has 1 N–H and O–H groups in total. The van der Waals surface area contributed by atoms with Crippen LogP contribution in [-0.4, -0.2) is 37.3 Å². The van der Waals surface area contributed by atoms with Gasteiger partial charge in [0.1, 0.15) is 5.82 Å². The number of hydrogen-bond donors (Lipinski definition) is 1. The van der Waals surface area contributed by atoms with Crippen molar-refractivity contribution in [1.82, 2.24) is 10.2 Å². The topological polar surface area (TPSA) is 15.3 Å². The van der Waals surface area contributed by atoms with Crippen molar-refractivity contribution in [2.24, 2.45) is 0 Å². The molecule has 1 heterocycles. The molecule has 0 radical (unpaired) electrons. The largest absolute Gasteiger partial charge is 0.390 e. The molecular weight excluding hydrogens is 376 g/mol. The number of halogens is 6. The van der Waals surface area contributed by atoms with Crippen molar-refractivity contribution in [3.8, 4) is 0 Å². The van der Waals surface area contributed by atoms with E-state index >= 15 is 0 Å². The van der Waals surface area contributed by atoms with Gasteiger partial charge in [0, 0.05) is 42.3 Å². The maximum Gasteiger partial charge on any atom is 0.390 e. The quantitative estimate of drug-likeness (QED) is 0.786. The standard InChI is InChI=1S/C13H15BrF4N2.ClH/c14-9-2-1-3-10(15)12(9)11(8-13(16,17)18)20-6-4-19-5-7-20;/h1-3,11,19H,4-8H2;1H/t11-;/m0./s1. The molecule has 1 atom stereocenters. The maximum atomic E-state index is 14.0. The summed E-state index contributed by atoms with van der Waals surface area (Å²) in [7, 11) is 0. The van der Waals surface area contributed by atoms with E-state index in [1.54, 1.807) is 11.0 Å². The van der Waals surface area contributed by atoms with Crippen LogP contribution in [0.2, 0.25) is 0 Å². The van der Waals surface area contributed by atoms with Crippen LogP contribution in [0.15, 0.2) is 22.7 Å². The lowest BCUT2D eigenvalue weighted by Crippen LogP contribution is -2.46. The van der Waals surface area contributed by atoms with Crippen molar-refractivity contribution in [1.29, 1.82) is 0 Å². The molecule has 1 saturated heterocycles. The van der Waals surface area contributed by atoms with Crippen LogP contribution >= 0.6 is 28.3 Å². The molecule has 8 heteroatoms. The Balaban J connectivity index is 0.00000220. The molecule has 1 aliphatic heterocycles. The lowest BCUT2D eigenvalue weighted by Gasteiger charge is -2.36. The van der Waals surface area contributed by atoms with Crippen molar-refractivity contribution < 1.29 is 17.6 Å². The van der Waals surface area contributed by atoms with Crippen LogP contribution < -0.4 is 5.32 Å².